The number of halogens is 1. The van der Waals surface area contributed by atoms with Gasteiger partial charge in [0.1, 0.15) is 11.9 Å². The summed E-state index contributed by atoms with van der Waals surface area (Å²) in [7, 11) is 5.06. The second kappa shape index (κ2) is 10.4. The van der Waals surface area contributed by atoms with Crippen molar-refractivity contribution in [1.82, 2.24) is 25.4 Å². The molecule has 4 amide bonds. The Bertz CT molecular complexity index is 1070. The third-order valence-corrected chi connectivity index (χ3v) is 5.26. The van der Waals surface area contributed by atoms with Crippen molar-refractivity contribution in [2.75, 3.05) is 33.0 Å². The summed E-state index contributed by atoms with van der Waals surface area (Å²) in [5.74, 6) is -2.66. The highest BCUT2D eigenvalue weighted by Crippen LogP contribution is 2.22. The van der Waals surface area contributed by atoms with Crippen LogP contribution in [0.15, 0.2) is 36.5 Å². The second-order valence-corrected chi connectivity index (χ2v) is 8.38. The van der Waals surface area contributed by atoms with Crippen LogP contribution in [0.5, 0.6) is 0 Å². The van der Waals surface area contributed by atoms with Crippen LogP contribution in [0.25, 0.3) is 0 Å². The fourth-order valence-corrected chi connectivity index (χ4v) is 3.47. The predicted octanol–water partition coefficient (Wildman–Crippen LogP) is 0.622. The van der Waals surface area contributed by atoms with Crippen molar-refractivity contribution in [3.63, 3.8) is 0 Å². The summed E-state index contributed by atoms with van der Waals surface area (Å²) in [5, 5.41) is 7.74. The molecule has 10 nitrogen and oxygen atoms in total. The molecule has 3 N–H and O–H groups in total. The van der Waals surface area contributed by atoms with Crippen molar-refractivity contribution in [3.05, 3.63) is 58.2 Å². The highest BCUT2D eigenvalue weighted by molar-refractivity contribution is 6.39. The van der Waals surface area contributed by atoms with Gasteiger partial charge in [-0.2, -0.15) is 0 Å². The van der Waals surface area contributed by atoms with Crippen LogP contribution in [0.2, 0.25) is 5.02 Å². The van der Waals surface area contributed by atoms with Gasteiger partial charge in [0.05, 0.1) is 5.02 Å². The Morgan fingerprint density at radius 3 is 2.48 bits per heavy atom. The van der Waals surface area contributed by atoms with Gasteiger partial charge >= 0.3 is 11.8 Å². The molecule has 11 heteroatoms. The Balaban J connectivity index is 1.62. The number of hydrogen-bond acceptors (Lipinski definition) is 6. The zero-order valence-corrected chi connectivity index (χ0v) is 19.3. The number of nitrogens with one attached hydrogen (secondary N) is 3. The number of carbonyl (C=O) groups is 4. The molecule has 0 saturated heterocycles. The van der Waals surface area contributed by atoms with Crippen molar-refractivity contribution >= 4 is 41.0 Å². The fourth-order valence-electron chi connectivity index (χ4n) is 3.36. The lowest BCUT2D eigenvalue weighted by Crippen LogP contribution is -2.53. The van der Waals surface area contributed by atoms with Gasteiger partial charge in [-0.05, 0) is 42.4 Å². The lowest BCUT2D eigenvalue weighted by Gasteiger charge is -2.22. The second-order valence-electron chi connectivity index (χ2n) is 7.94. The number of aromatic nitrogens is 1. The monoisotopic (exact) mass is 472 g/mol. The van der Waals surface area contributed by atoms with Crippen LogP contribution in [0.1, 0.15) is 21.5 Å². The van der Waals surface area contributed by atoms with Crippen LogP contribution in [0, 0.1) is 0 Å². The molecule has 0 fully saturated rings. The van der Waals surface area contributed by atoms with E-state index >= 15 is 0 Å². The summed E-state index contributed by atoms with van der Waals surface area (Å²) in [6, 6.07) is 7.30. The van der Waals surface area contributed by atoms with Gasteiger partial charge in [0.15, 0.2) is 0 Å². The zero-order valence-electron chi connectivity index (χ0n) is 18.5. The maximum absolute atomic E-state index is 12.8. The highest BCUT2D eigenvalue weighted by Gasteiger charge is 2.26. The smallest absolute Gasteiger partial charge is 0.314 e. The molecule has 0 aliphatic carbocycles. The summed E-state index contributed by atoms with van der Waals surface area (Å²) in [6.07, 6.45) is 1.33. The van der Waals surface area contributed by atoms with E-state index in [-0.39, 0.29) is 12.4 Å². The molecule has 2 aromatic rings. The van der Waals surface area contributed by atoms with Gasteiger partial charge in [-0.25, -0.2) is 4.98 Å². The summed E-state index contributed by atoms with van der Waals surface area (Å²) in [4.78, 5) is 57.0. The van der Waals surface area contributed by atoms with E-state index in [2.05, 4.69) is 25.8 Å². The number of fused-ring (bicyclic) bond motifs is 1. The van der Waals surface area contributed by atoms with E-state index in [1.165, 1.54) is 37.3 Å². The lowest BCUT2D eigenvalue weighted by molar-refractivity contribution is -0.136. The molecule has 3 rings (SSSR count). The van der Waals surface area contributed by atoms with E-state index < -0.39 is 29.7 Å². The third-order valence-electron chi connectivity index (χ3n) is 5.04. The molecule has 33 heavy (non-hydrogen) atoms. The highest BCUT2D eigenvalue weighted by atomic mass is 35.5. The van der Waals surface area contributed by atoms with Crippen molar-refractivity contribution < 1.29 is 19.2 Å². The van der Waals surface area contributed by atoms with Crippen LogP contribution in [-0.4, -0.2) is 72.1 Å². The molecule has 1 unspecified atom stereocenters. The predicted molar refractivity (Wildman–Crippen MR) is 122 cm³/mol. The Kier molecular flexibility index (Phi) is 7.62. The summed E-state index contributed by atoms with van der Waals surface area (Å²) < 4.78 is 0. The number of amides is 4. The van der Waals surface area contributed by atoms with Crippen LogP contribution in [0.4, 0.5) is 5.82 Å². The molecular formula is C22H25ClN6O4. The minimum atomic E-state index is -1.06. The molecule has 174 valence electrons. The first kappa shape index (κ1) is 24.1. The number of pyridine rings is 1. The van der Waals surface area contributed by atoms with Crippen molar-refractivity contribution in [2.24, 2.45) is 0 Å². The van der Waals surface area contributed by atoms with Gasteiger partial charge in [0.2, 0.25) is 5.91 Å². The van der Waals surface area contributed by atoms with Crippen LogP contribution in [-0.2, 0) is 27.5 Å². The Morgan fingerprint density at radius 2 is 1.82 bits per heavy atom. The normalized spacial score (nSPS) is 13.6. The minimum Gasteiger partial charge on any atom is -0.347 e. The Labute approximate surface area is 196 Å². The number of hydrogen-bond donors (Lipinski definition) is 3. The maximum atomic E-state index is 12.8. The Hall–Kier alpha value is -3.50. The van der Waals surface area contributed by atoms with E-state index in [1.54, 1.807) is 12.1 Å². The van der Waals surface area contributed by atoms with E-state index in [0.29, 0.717) is 10.6 Å². The van der Waals surface area contributed by atoms with Crippen LogP contribution >= 0.6 is 11.6 Å². The number of anilines is 1. The van der Waals surface area contributed by atoms with E-state index in [9.17, 15) is 19.2 Å². The van der Waals surface area contributed by atoms with Crippen molar-refractivity contribution in [3.8, 4) is 0 Å². The summed E-state index contributed by atoms with van der Waals surface area (Å²) >= 11 is 5.74. The fraction of sp³-hybridized carbons (Fsp3) is 0.318. The number of rotatable bonds is 6. The maximum Gasteiger partial charge on any atom is 0.314 e. The quantitative estimate of drug-likeness (QED) is 0.529. The molecular weight excluding hydrogens is 448 g/mol. The van der Waals surface area contributed by atoms with Crippen LogP contribution < -0.4 is 16.0 Å². The first-order valence-electron chi connectivity index (χ1n) is 10.2. The number of carbonyl (C=O) groups excluding carboxylic acids is 4. The average Bonchev–Trinajstić information content (AvgIpc) is 3.16. The van der Waals surface area contributed by atoms with E-state index in [1.807, 2.05) is 13.1 Å². The van der Waals surface area contributed by atoms with Crippen molar-refractivity contribution in [2.45, 2.75) is 19.1 Å². The SMILES string of the molecule is CN1Cc2ccc(C(=O)NC(CNC(=O)C(=O)Nc3ccc(Cl)cn3)C(=O)N(C)C)cc2C1. The Morgan fingerprint density at radius 1 is 1.09 bits per heavy atom. The molecule has 0 radical (unpaired) electrons. The molecule has 0 saturated carbocycles. The largest absolute Gasteiger partial charge is 0.347 e. The molecule has 1 aliphatic rings. The van der Waals surface area contributed by atoms with Gasteiger partial charge in [0.25, 0.3) is 5.91 Å². The molecule has 1 atom stereocenters. The van der Waals surface area contributed by atoms with Gasteiger partial charge in [-0.1, -0.05) is 17.7 Å². The van der Waals surface area contributed by atoms with Crippen LogP contribution in [0.3, 0.4) is 0 Å². The van der Waals surface area contributed by atoms with Gasteiger partial charge in [0, 0.05) is 45.5 Å². The summed E-state index contributed by atoms with van der Waals surface area (Å²) in [5.41, 5.74) is 2.63. The molecule has 1 aromatic heterocycles. The van der Waals surface area contributed by atoms with Gasteiger partial charge in [-0.3, -0.25) is 24.1 Å². The van der Waals surface area contributed by atoms with Crippen molar-refractivity contribution in [1.29, 1.82) is 0 Å². The number of nitrogens with zero attached hydrogens (tertiary/aromatic N) is 3. The topological polar surface area (TPSA) is 124 Å². The average molecular weight is 473 g/mol. The molecule has 0 spiro atoms. The third kappa shape index (κ3) is 6.27. The lowest BCUT2D eigenvalue weighted by atomic mass is 10.1. The molecule has 1 aromatic carbocycles. The zero-order chi connectivity index (χ0) is 24.1. The number of benzene rings is 1. The standard InChI is InChI=1S/C22H25ClN6O4/c1-28(2)22(33)17(10-25-20(31)21(32)27-18-7-6-16(23)9-24-18)26-19(30)13-4-5-14-11-29(3)12-15(14)8-13/h4-9,17H,10-12H2,1-3H3,(H,25,31)(H,26,30)(H,24,27,32). The van der Waals surface area contributed by atoms with Gasteiger partial charge in [-0.15, -0.1) is 0 Å². The molecule has 0 bridgehead atoms. The first-order valence-corrected chi connectivity index (χ1v) is 10.5. The van der Waals surface area contributed by atoms with Gasteiger partial charge < -0.3 is 20.9 Å². The summed E-state index contributed by atoms with van der Waals surface area (Å²) in [6.45, 7) is 1.29. The van der Waals surface area contributed by atoms with E-state index in [4.69, 9.17) is 11.6 Å². The minimum absolute atomic E-state index is 0.149. The van der Waals surface area contributed by atoms with E-state index in [0.717, 1.165) is 24.2 Å². The first-order chi connectivity index (χ1) is 15.6. The molecule has 1 aliphatic heterocycles. The number of likely N-dealkylation sites (N-methyl/N-ethyl adjacent to an activating group) is 1. The molecule has 2 heterocycles.